The first kappa shape index (κ1) is 12.0. The normalized spacial score (nSPS) is 18.5. The van der Waals surface area contributed by atoms with Gasteiger partial charge in [-0.15, -0.1) is 0 Å². The predicted molar refractivity (Wildman–Crippen MR) is 64.3 cm³/mol. The van der Waals surface area contributed by atoms with Gasteiger partial charge in [-0.05, 0) is 13.3 Å². The van der Waals surface area contributed by atoms with Crippen LogP contribution in [0.25, 0.3) is 0 Å². The Bertz CT molecular complexity index is 521. The van der Waals surface area contributed by atoms with Gasteiger partial charge in [-0.2, -0.15) is 4.31 Å². The molecule has 0 atom stereocenters. The molecule has 1 aromatic heterocycles. The van der Waals surface area contributed by atoms with Gasteiger partial charge in [0.05, 0.1) is 6.20 Å². The molecule has 4 nitrogen and oxygen atoms in total. The molecule has 0 N–H and O–H groups in total. The van der Waals surface area contributed by atoms with Crippen molar-refractivity contribution in [3.8, 4) is 0 Å². The van der Waals surface area contributed by atoms with E-state index in [2.05, 4.69) is 11.1 Å². The van der Waals surface area contributed by atoms with Crippen molar-refractivity contribution >= 4 is 33.0 Å². The molecule has 2 rings (SSSR count). The monoisotopic (exact) mass is 278 g/mol. The van der Waals surface area contributed by atoms with Gasteiger partial charge < -0.3 is 0 Å². The second-order valence-electron chi connectivity index (χ2n) is 3.61. The van der Waals surface area contributed by atoms with Gasteiger partial charge in [0, 0.05) is 13.1 Å². The first-order valence-electron chi connectivity index (χ1n) is 4.77. The van der Waals surface area contributed by atoms with Crippen LogP contribution in [-0.4, -0.2) is 30.8 Å². The molecule has 0 unspecified atom stereocenters. The summed E-state index contributed by atoms with van der Waals surface area (Å²) >= 11 is 6.64. The molecule has 16 heavy (non-hydrogen) atoms. The van der Waals surface area contributed by atoms with Gasteiger partial charge in [-0.3, -0.25) is 0 Å². The fourth-order valence-corrected chi connectivity index (χ4v) is 4.51. The molecule has 0 saturated carbocycles. The van der Waals surface area contributed by atoms with Crippen molar-refractivity contribution in [3.05, 3.63) is 22.3 Å². The molecule has 0 saturated heterocycles. The molecule has 0 fully saturated rings. The minimum absolute atomic E-state index is 0.215. The molecule has 1 aliphatic heterocycles. The topological polar surface area (TPSA) is 50.3 Å². The minimum atomic E-state index is -3.41. The van der Waals surface area contributed by atoms with E-state index in [9.17, 15) is 8.42 Å². The highest BCUT2D eigenvalue weighted by Crippen LogP contribution is 2.27. The van der Waals surface area contributed by atoms with Gasteiger partial charge in [0.1, 0.15) is 0 Å². The molecule has 1 aromatic rings. The Kier molecular flexibility index (Phi) is 3.34. The molecule has 0 aliphatic carbocycles. The van der Waals surface area contributed by atoms with Crippen LogP contribution in [0.2, 0.25) is 4.47 Å². The molecule has 0 aromatic carbocycles. The van der Waals surface area contributed by atoms with Gasteiger partial charge in [0.15, 0.2) is 8.68 Å². The van der Waals surface area contributed by atoms with E-state index in [1.54, 1.807) is 0 Å². The van der Waals surface area contributed by atoms with E-state index in [-0.39, 0.29) is 8.68 Å². The average molecular weight is 279 g/mol. The van der Waals surface area contributed by atoms with Gasteiger partial charge in [-0.1, -0.05) is 34.6 Å². The number of hydrogen-bond donors (Lipinski definition) is 0. The van der Waals surface area contributed by atoms with Crippen molar-refractivity contribution in [2.45, 2.75) is 17.6 Å². The van der Waals surface area contributed by atoms with E-state index in [4.69, 9.17) is 11.6 Å². The maximum atomic E-state index is 12.2. The van der Waals surface area contributed by atoms with Crippen LogP contribution in [0.3, 0.4) is 0 Å². The van der Waals surface area contributed by atoms with E-state index in [0.717, 1.165) is 23.3 Å². The largest absolute Gasteiger partial charge is 0.254 e. The molecule has 0 bridgehead atoms. The SMILES string of the molecule is CC1=CCCN(S(=O)(=O)c2cnc(Cl)s2)C1. The lowest BCUT2D eigenvalue weighted by molar-refractivity contribution is 0.429. The van der Waals surface area contributed by atoms with Crippen molar-refractivity contribution in [1.29, 1.82) is 0 Å². The van der Waals surface area contributed by atoms with Crippen LogP contribution in [0.15, 0.2) is 22.1 Å². The zero-order valence-electron chi connectivity index (χ0n) is 8.68. The smallest absolute Gasteiger partial charge is 0.232 e. The highest BCUT2D eigenvalue weighted by atomic mass is 35.5. The van der Waals surface area contributed by atoms with E-state index < -0.39 is 10.0 Å². The fourth-order valence-electron chi connectivity index (χ4n) is 1.57. The van der Waals surface area contributed by atoms with Crippen LogP contribution in [0, 0.1) is 0 Å². The van der Waals surface area contributed by atoms with E-state index in [0.29, 0.717) is 13.1 Å². The summed E-state index contributed by atoms with van der Waals surface area (Å²) < 4.78 is 26.2. The molecule has 88 valence electrons. The third kappa shape index (κ3) is 2.29. The van der Waals surface area contributed by atoms with Crippen molar-refractivity contribution < 1.29 is 8.42 Å². The Hall–Kier alpha value is -0.430. The Morgan fingerprint density at radius 2 is 2.31 bits per heavy atom. The number of halogens is 1. The summed E-state index contributed by atoms with van der Waals surface area (Å²) in [6.45, 7) is 2.91. The Morgan fingerprint density at radius 3 is 2.88 bits per heavy atom. The number of nitrogens with zero attached hydrogens (tertiary/aromatic N) is 2. The quantitative estimate of drug-likeness (QED) is 0.779. The summed E-state index contributed by atoms with van der Waals surface area (Å²) in [7, 11) is -3.41. The summed E-state index contributed by atoms with van der Waals surface area (Å²) in [4.78, 5) is 3.76. The highest BCUT2D eigenvalue weighted by Gasteiger charge is 2.27. The highest BCUT2D eigenvalue weighted by molar-refractivity contribution is 7.91. The molecule has 7 heteroatoms. The zero-order chi connectivity index (χ0) is 11.8. The maximum Gasteiger partial charge on any atom is 0.254 e. The van der Waals surface area contributed by atoms with Gasteiger partial charge in [0.2, 0.25) is 0 Å². The summed E-state index contributed by atoms with van der Waals surface area (Å²) in [5.41, 5.74) is 1.07. The maximum absolute atomic E-state index is 12.2. The van der Waals surface area contributed by atoms with Gasteiger partial charge in [0.25, 0.3) is 10.0 Å². The average Bonchev–Trinajstić information content (AvgIpc) is 2.65. The lowest BCUT2D eigenvalue weighted by atomic mass is 10.2. The second kappa shape index (κ2) is 4.44. The lowest BCUT2D eigenvalue weighted by Crippen LogP contribution is -2.34. The third-order valence-corrected chi connectivity index (χ3v) is 5.74. The van der Waals surface area contributed by atoms with Crippen LogP contribution in [0.5, 0.6) is 0 Å². The number of hydrogen-bond acceptors (Lipinski definition) is 4. The minimum Gasteiger partial charge on any atom is -0.232 e. The van der Waals surface area contributed by atoms with E-state index in [1.807, 2.05) is 6.92 Å². The number of sulfonamides is 1. The first-order chi connectivity index (χ1) is 7.50. The van der Waals surface area contributed by atoms with E-state index >= 15 is 0 Å². The van der Waals surface area contributed by atoms with Gasteiger partial charge >= 0.3 is 0 Å². The number of aromatic nitrogens is 1. The first-order valence-corrected chi connectivity index (χ1v) is 7.41. The molecule has 0 radical (unpaired) electrons. The molecule has 2 heterocycles. The summed E-state index contributed by atoms with van der Waals surface area (Å²) in [6, 6.07) is 0. The summed E-state index contributed by atoms with van der Waals surface area (Å²) in [5.74, 6) is 0. The van der Waals surface area contributed by atoms with Crippen LogP contribution in [0.4, 0.5) is 0 Å². The summed E-state index contributed by atoms with van der Waals surface area (Å²) in [6.07, 6.45) is 4.14. The van der Waals surface area contributed by atoms with Crippen molar-refractivity contribution in [2.75, 3.05) is 13.1 Å². The molecule has 0 amide bonds. The lowest BCUT2D eigenvalue weighted by Gasteiger charge is -2.24. The molecular weight excluding hydrogens is 268 g/mol. The number of rotatable bonds is 2. The number of thiazole rings is 1. The Morgan fingerprint density at radius 1 is 1.56 bits per heavy atom. The summed E-state index contributed by atoms with van der Waals surface area (Å²) in [5, 5.41) is 0. The van der Waals surface area contributed by atoms with Crippen molar-refractivity contribution in [2.24, 2.45) is 0 Å². The Balaban J connectivity index is 2.30. The van der Waals surface area contributed by atoms with Crippen LogP contribution in [0.1, 0.15) is 13.3 Å². The van der Waals surface area contributed by atoms with Crippen LogP contribution >= 0.6 is 22.9 Å². The molecule has 1 aliphatic rings. The predicted octanol–water partition coefficient (Wildman–Crippen LogP) is 2.14. The third-order valence-electron chi connectivity index (χ3n) is 2.35. The van der Waals surface area contributed by atoms with Crippen LogP contribution in [-0.2, 0) is 10.0 Å². The van der Waals surface area contributed by atoms with E-state index in [1.165, 1.54) is 10.5 Å². The standard InChI is InChI=1S/C9H11ClN2O2S2/c1-7-3-2-4-12(6-7)16(13,14)8-5-11-9(10)15-8/h3,5H,2,4,6H2,1H3. The molecule has 0 spiro atoms. The molecular formula is C9H11ClN2O2S2. The van der Waals surface area contributed by atoms with Crippen molar-refractivity contribution in [1.82, 2.24) is 9.29 Å². The van der Waals surface area contributed by atoms with Crippen molar-refractivity contribution in [3.63, 3.8) is 0 Å². The second-order valence-corrected chi connectivity index (χ2v) is 7.39. The fraction of sp³-hybridized carbons (Fsp3) is 0.444. The van der Waals surface area contributed by atoms with Crippen LogP contribution < -0.4 is 0 Å². The zero-order valence-corrected chi connectivity index (χ0v) is 11.1. The van der Waals surface area contributed by atoms with Gasteiger partial charge in [-0.25, -0.2) is 13.4 Å². The Labute approximate surface area is 104 Å².